The standard InChI is InChI=1S/C42H31N3/c1-28-15-9-12-22-35(28)42(36-23-13-10-16-29(36)2)37-24-14-11-21-33(37)34-27-32(25-26-38(34)42)41-44-39(30-17-5-3-6-18-30)43-40(45-41)31-19-7-4-8-20-31/h3-27H,1-2H3. The highest BCUT2D eigenvalue weighted by Gasteiger charge is 2.47. The minimum Gasteiger partial charge on any atom is -0.208 e. The lowest BCUT2D eigenvalue weighted by molar-refractivity contribution is 0.754. The van der Waals surface area contributed by atoms with Crippen molar-refractivity contribution in [3.63, 3.8) is 0 Å². The first-order chi connectivity index (χ1) is 22.1. The van der Waals surface area contributed by atoms with Gasteiger partial charge in [0.05, 0.1) is 5.41 Å². The largest absolute Gasteiger partial charge is 0.208 e. The van der Waals surface area contributed by atoms with Crippen molar-refractivity contribution in [2.45, 2.75) is 19.3 Å². The van der Waals surface area contributed by atoms with Crippen LogP contribution < -0.4 is 0 Å². The Morgan fingerprint density at radius 1 is 0.356 bits per heavy atom. The number of benzene rings is 6. The minimum atomic E-state index is -0.454. The van der Waals surface area contributed by atoms with E-state index in [1.165, 1.54) is 44.5 Å². The lowest BCUT2D eigenvalue weighted by Crippen LogP contribution is -2.30. The Labute approximate surface area is 264 Å². The molecule has 214 valence electrons. The number of nitrogens with zero attached hydrogens (tertiary/aromatic N) is 3. The zero-order valence-corrected chi connectivity index (χ0v) is 25.3. The van der Waals surface area contributed by atoms with Crippen LogP contribution in [0.5, 0.6) is 0 Å². The van der Waals surface area contributed by atoms with Gasteiger partial charge in [-0.15, -0.1) is 0 Å². The van der Waals surface area contributed by atoms with Crippen molar-refractivity contribution in [2.24, 2.45) is 0 Å². The molecule has 3 nitrogen and oxygen atoms in total. The van der Waals surface area contributed by atoms with Crippen LogP contribution in [-0.2, 0) is 5.41 Å². The van der Waals surface area contributed by atoms with Crippen LogP contribution in [0.25, 0.3) is 45.3 Å². The van der Waals surface area contributed by atoms with Crippen LogP contribution in [-0.4, -0.2) is 15.0 Å². The van der Waals surface area contributed by atoms with E-state index in [1.54, 1.807) is 0 Å². The van der Waals surface area contributed by atoms with Gasteiger partial charge >= 0.3 is 0 Å². The molecule has 0 bridgehead atoms. The van der Waals surface area contributed by atoms with E-state index in [-0.39, 0.29) is 0 Å². The number of aryl methyl sites for hydroxylation is 2. The summed E-state index contributed by atoms with van der Waals surface area (Å²) in [4.78, 5) is 15.0. The van der Waals surface area contributed by atoms with Gasteiger partial charge in [0.25, 0.3) is 0 Å². The summed E-state index contributed by atoms with van der Waals surface area (Å²) in [6.07, 6.45) is 0. The summed E-state index contributed by atoms with van der Waals surface area (Å²) in [5, 5.41) is 0. The fourth-order valence-electron chi connectivity index (χ4n) is 7.07. The average Bonchev–Trinajstić information content (AvgIpc) is 3.39. The monoisotopic (exact) mass is 577 g/mol. The fourth-order valence-corrected chi connectivity index (χ4v) is 7.07. The Kier molecular flexibility index (Phi) is 6.46. The second-order valence-corrected chi connectivity index (χ2v) is 11.7. The van der Waals surface area contributed by atoms with E-state index in [4.69, 9.17) is 15.0 Å². The highest BCUT2D eigenvalue weighted by atomic mass is 15.0. The molecule has 0 N–H and O–H groups in total. The number of hydrogen-bond acceptors (Lipinski definition) is 3. The van der Waals surface area contributed by atoms with Crippen LogP contribution in [0.15, 0.2) is 152 Å². The van der Waals surface area contributed by atoms with E-state index in [2.05, 4.69) is 105 Å². The Bertz CT molecular complexity index is 2080. The number of aromatic nitrogens is 3. The van der Waals surface area contributed by atoms with Gasteiger partial charge in [-0.25, -0.2) is 15.0 Å². The van der Waals surface area contributed by atoms with E-state index < -0.39 is 5.41 Å². The van der Waals surface area contributed by atoms with Gasteiger partial charge in [0.15, 0.2) is 17.5 Å². The number of fused-ring (bicyclic) bond motifs is 3. The van der Waals surface area contributed by atoms with Gasteiger partial charge in [-0.3, -0.25) is 0 Å². The molecule has 0 spiro atoms. The Morgan fingerprint density at radius 2 is 0.778 bits per heavy atom. The molecule has 8 rings (SSSR count). The van der Waals surface area contributed by atoms with Crippen LogP contribution in [0.4, 0.5) is 0 Å². The van der Waals surface area contributed by atoms with Crippen molar-refractivity contribution >= 4 is 0 Å². The third-order valence-electron chi connectivity index (χ3n) is 9.10. The van der Waals surface area contributed by atoms with Crippen LogP contribution >= 0.6 is 0 Å². The maximum atomic E-state index is 5.04. The highest BCUT2D eigenvalue weighted by Crippen LogP contribution is 2.57. The molecule has 0 saturated heterocycles. The summed E-state index contributed by atoms with van der Waals surface area (Å²) in [6, 6.07) is 53.6. The maximum Gasteiger partial charge on any atom is 0.164 e. The minimum absolute atomic E-state index is 0.454. The van der Waals surface area contributed by atoms with Gasteiger partial charge in [0.1, 0.15) is 0 Å². The molecular formula is C42H31N3. The third kappa shape index (κ3) is 4.31. The SMILES string of the molecule is Cc1ccccc1C1(c2ccccc2C)c2ccccc2-c2cc(-c3nc(-c4ccccc4)nc(-c4ccccc4)n3)ccc21. The van der Waals surface area contributed by atoms with Gasteiger partial charge in [0, 0.05) is 16.7 Å². The first-order valence-electron chi connectivity index (χ1n) is 15.4. The average molecular weight is 578 g/mol. The Hall–Kier alpha value is -5.67. The third-order valence-corrected chi connectivity index (χ3v) is 9.10. The molecule has 1 aromatic heterocycles. The van der Waals surface area contributed by atoms with Crippen LogP contribution in [0.2, 0.25) is 0 Å². The first-order valence-corrected chi connectivity index (χ1v) is 15.4. The lowest BCUT2D eigenvalue weighted by atomic mass is 9.65. The summed E-state index contributed by atoms with van der Waals surface area (Å²) < 4.78 is 0. The first kappa shape index (κ1) is 26.9. The Morgan fingerprint density at radius 3 is 1.31 bits per heavy atom. The number of rotatable bonds is 5. The van der Waals surface area contributed by atoms with Crippen molar-refractivity contribution in [1.82, 2.24) is 15.0 Å². The molecule has 1 heterocycles. The van der Waals surface area contributed by atoms with Crippen molar-refractivity contribution in [1.29, 1.82) is 0 Å². The summed E-state index contributed by atoms with van der Waals surface area (Å²) in [5.74, 6) is 1.98. The molecule has 0 atom stereocenters. The van der Waals surface area contributed by atoms with Crippen molar-refractivity contribution in [3.8, 4) is 45.3 Å². The Balaban J connectivity index is 1.40. The molecule has 0 saturated carbocycles. The van der Waals surface area contributed by atoms with Gasteiger partial charge in [-0.2, -0.15) is 0 Å². The smallest absolute Gasteiger partial charge is 0.164 e. The lowest BCUT2D eigenvalue weighted by Gasteiger charge is -2.36. The van der Waals surface area contributed by atoms with Gasteiger partial charge in [-0.1, -0.05) is 146 Å². The second kappa shape index (κ2) is 10.8. The predicted molar refractivity (Wildman–Crippen MR) is 183 cm³/mol. The zero-order chi connectivity index (χ0) is 30.4. The molecule has 0 aliphatic heterocycles. The van der Waals surface area contributed by atoms with Crippen molar-refractivity contribution < 1.29 is 0 Å². The molecular weight excluding hydrogens is 546 g/mol. The van der Waals surface area contributed by atoms with E-state index in [0.717, 1.165) is 16.7 Å². The fraction of sp³-hybridized carbons (Fsp3) is 0.0714. The normalized spacial score (nSPS) is 12.8. The van der Waals surface area contributed by atoms with E-state index in [1.807, 2.05) is 60.7 Å². The van der Waals surface area contributed by atoms with Gasteiger partial charge in [-0.05, 0) is 64.4 Å². The molecule has 0 fully saturated rings. The molecule has 0 amide bonds. The predicted octanol–water partition coefficient (Wildman–Crippen LogP) is 9.85. The molecule has 1 aliphatic carbocycles. The summed E-state index contributed by atoms with van der Waals surface area (Å²) in [6.45, 7) is 4.46. The van der Waals surface area contributed by atoms with Crippen LogP contribution in [0.1, 0.15) is 33.4 Å². The zero-order valence-electron chi connectivity index (χ0n) is 25.3. The molecule has 0 unspecified atom stereocenters. The molecule has 1 aliphatic rings. The summed E-state index contributed by atoms with van der Waals surface area (Å²) >= 11 is 0. The van der Waals surface area contributed by atoms with E-state index in [0.29, 0.717) is 17.5 Å². The van der Waals surface area contributed by atoms with Crippen LogP contribution in [0.3, 0.4) is 0 Å². The van der Waals surface area contributed by atoms with Crippen LogP contribution in [0, 0.1) is 13.8 Å². The number of hydrogen-bond donors (Lipinski definition) is 0. The summed E-state index contributed by atoms with van der Waals surface area (Å²) in [7, 11) is 0. The summed E-state index contributed by atoms with van der Waals surface area (Å²) in [5.41, 5.74) is 12.6. The highest BCUT2D eigenvalue weighted by molar-refractivity contribution is 5.89. The van der Waals surface area contributed by atoms with Gasteiger partial charge < -0.3 is 0 Å². The van der Waals surface area contributed by atoms with Gasteiger partial charge in [0.2, 0.25) is 0 Å². The topological polar surface area (TPSA) is 38.7 Å². The quantitative estimate of drug-likeness (QED) is 0.204. The van der Waals surface area contributed by atoms with E-state index >= 15 is 0 Å². The second-order valence-electron chi connectivity index (χ2n) is 11.7. The molecule has 0 radical (unpaired) electrons. The molecule has 45 heavy (non-hydrogen) atoms. The van der Waals surface area contributed by atoms with E-state index in [9.17, 15) is 0 Å². The van der Waals surface area contributed by atoms with Crippen molar-refractivity contribution in [2.75, 3.05) is 0 Å². The van der Waals surface area contributed by atoms with Crippen molar-refractivity contribution in [3.05, 3.63) is 185 Å². The molecule has 3 heteroatoms. The molecule has 7 aromatic rings. The maximum absolute atomic E-state index is 5.04. The molecule has 6 aromatic carbocycles.